The number of hydrogen-bond donors (Lipinski definition) is 0. The lowest BCUT2D eigenvalue weighted by atomic mass is 9.86. The Kier molecular flexibility index (Phi) is 3.95. The number of hydrogen-bond acceptors (Lipinski definition) is 2. The van der Waals surface area contributed by atoms with Gasteiger partial charge >= 0.3 is 0 Å². The molecule has 19 heavy (non-hydrogen) atoms. The summed E-state index contributed by atoms with van der Waals surface area (Å²) in [6.45, 7) is 8.48. The summed E-state index contributed by atoms with van der Waals surface area (Å²) < 4.78 is 6.93. The minimum Gasteiger partial charge on any atom is -0.439 e. The molecular weight excluding hydrogens is 302 g/mol. The average Bonchev–Trinajstić information content (AvgIpc) is 2.33. The number of para-hydroxylation sites is 1. The molecule has 3 heteroatoms. The van der Waals surface area contributed by atoms with E-state index in [2.05, 4.69) is 47.8 Å². The fourth-order valence-corrected chi connectivity index (χ4v) is 2.09. The summed E-state index contributed by atoms with van der Waals surface area (Å²) in [6.07, 6.45) is 0. The molecule has 0 unspecified atom stereocenters. The SMILES string of the molecule is Cc1nc(Oc2ccccc2C(C)(C)C)ccc1Br. The number of rotatable bonds is 2. The molecule has 0 saturated carbocycles. The van der Waals surface area contributed by atoms with E-state index in [1.807, 2.05) is 37.3 Å². The Hall–Kier alpha value is -1.35. The summed E-state index contributed by atoms with van der Waals surface area (Å²) in [5, 5.41) is 0. The van der Waals surface area contributed by atoms with Gasteiger partial charge in [0.25, 0.3) is 0 Å². The first-order valence-corrected chi connectivity index (χ1v) is 7.08. The smallest absolute Gasteiger partial charge is 0.219 e. The van der Waals surface area contributed by atoms with Gasteiger partial charge in [0, 0.05) is 16.1 Å². The van der Waals surface area contributed by atoms with Gasteiger partial charge in [-0.25, -0.2) is 4.98 Å². The van der Waals surface area contributed by atoms with Gasteiger partial charge in [0.1, 0.15) is 5.75 Å². The summed E-state index contributed by atoms with van der Waals surface area (Å²) in [4.78, 5) is 4.42. The fourth-order valence-electron chi connectivity index (χ4n) is 1.87. The normalized spacial score (nSPS) is 11.4. The maximum atomic E-state index is 5.94. The molecule has 1 aromatic carbocycles. The molecule has 2 nitrogen and oxygen atoms in total. The largest absolute Gasteiger partial charge is 0.439 e. The summed E-state index contributed by atoms with van der Waals surface area (Å²) in [6, 6.07) is 11.9. The Morgan fingerprint density at radius 1 is 1.05 bits per heavy atom. The van der Waals surface area contributed by atoms with Crippen molar-refractivity contribution in [2.24, 2.45) is 0 Å². The Balaban J connectivity index is 2.36. The van der Waals surface area contributed by atoms with Gasteiger partial charge in [-0.2, -0.15) is 0 Å². The average molecular weight is 320 g/mol. The first-order valence-electron chi connectivity index (χ1n) is 6.28. The summed E-state index contributed by atoms with van der Waals surface area (Å²) in [5.74, 6) is 1.49. The standard InChI is InChI=1S/C16H18BrNO/c1-11-13(17)9-10-15(18-11)19-14-8-6-5-7-12(14)16(2,3)4/h5-10H,1-4H3. The van der Waals surface area contributed by atoms with Crippen molar-refractivity contribution >= 4 is 15.9 Å². The zero-order valence-electron chi connectivity index (χ0n) is 11.7. The van der Waals surface area contributed by atoms with Crippen LogP contribution in [-0.4, -0.2) is 4.98 Å². The molecule has 0 atom stereocenters. The van der Waals surface area contributed by atoms with Crippen LogP contribution in [0.5, 0.6) is 11.6 Å². The molecule has 0 N–H and O–H groups in total. The zero-order chi connectivity index (χ0) is 14.0. The van der Waals surface area contributed by atoms with E-state index in [0.717, 1.165) is 15.9 Å². The second kappa shape index (κ2) is 5.33. The Morgan fingerprint density at radius 3 is 2.37 bits per heavy atom. The third-order valence-corrected chi connectivity index (χ3v) is 3.74. The fraction of sp³-hybridized carbons (Fsp3) is 0.312. The van der Waals surface area contributed by atoms with Gasteiger partial charge < -0.3 is 4.74 Å². The second-order valence-corrected chi connectivity index (χ2v) is 6.42. The van der Waals surface area contributed by atoms with Crippen LogP contribution in [0.2, 0.25) is 0 Å². The zero-order valence-corrected chi connectivity index (χ0v) is 13.3. The van der Waals surface area contributed by atoms with Crippen molar-refractivity contribution in [3.05, 3.63) is 52.1 Å². The van der Waals surface area contributed by atoms with Crippen molar-refractivity contribution in [3.63, 3.8) is 0 Å². The van der Waals surface area contributed by atoms with E-state index >= 15 is 0 Å². The lowest BCUT2D eigenvalue weighted by Gasteiger charge is -2.22. The molecule has 0 fully saturated rings. The highest BCUT2D eigenvalue weighted by molar-refractivity contribution is 9.10. The van der Waals surface area contributed by atoms with Crippen LogP contribution < -0.4 is 4.74 Å². The van der Waals surface area contributed by atoms with E-state index < -0.39 is 0 Å². The molecule has 0 amide bonds. The number of aromatic nitrogens is 1. The van der Waals surface area contributed by atoms with E-state index in [-0.39, 0.29) is 5.41 Å². The lowest BCUT2D eigenvalue weighted by Crippen LogP contribution is -2.12. The first kappa shape index (κ1) is 14.1. The molecule has 1 heterocycles. The van der Waals surface area contributed by atoms with Crippen molar-refractivity contribution in [2.75, 3.05) is 0 Å². The van der Waals surface area contributed by atoms with Crippen LogP contribution >= 0.6 is 15.9 Å². The number of aryl methyl sites for hydroxylation is 1. The molecule has 0 aliphatic rings. The predicted molar refractivity (Wildman–Crippen MR) is 81.9 cm³/mol. The van der Waals surface area contributed by atoms with E-state index in [1.54, 1.807) is 0 Å². The van der Waals surface area contributed by atoms with Crippen LogP contribution in [-0.2, 0) is 5.41 Å². The lowest BCUT2D eigenvalue weighted by molar-refractivity contribution is 0.439. The molecule has 0 aliphatic heterocycles. The number of pyridine rings is 1. The van der Waals surface area contributed by atoms with Crippen LogP contribution in [0.15, 0.2) is 40.9 Å². The Morgan fingerprint density at radius 2 is 1.74 bits per heavy atom. The maximum Gasteiger partial charge on any atom is 0.219 e. The van der Waals surface area contributed by atoms with E-state index in [9.17, 15) is 0 Å². The van der Waals surface area contributed by atoms with Gasteiger partial charge in [-0.15, -0.1) is 0 Å². The summed E-state index contributed by atoms with van der Waals surface area (Å²) in [7, 11) is 0. The third kappa shape index (κ3) is 3.35. The summed E-state index contributed by atoms with van der Waals surface area (Å²) >= 11 is 3.44. The minimum atomic E-state index is 0.0427. The molecule has 0 radical (unpaired) electrons. The van der Waals surface area contributed by atoms with Crippen LogP contribution in [0.1, 0.15) is 32.0 Å². The quantitative estimate of drug-likeness (QED) is 0.754. The van der Waals surface area contributed by atoms with Gasteiger partial charge in [-0.1, -0.05) is 39.0 Å². The van der Waals surface area contributed by atoms with Gasteiger partial charge in [0.05, 0.1) is 5.69 Å². The topological polar surface area (TPSA) is 22.1 Å². The number of benzene rings is 1. The number of halogens is 1. The van der Waals surface area contributed by atoms with Crippen LogP contribution in [0, 0.1) is 6.92 Å². The van der Waals surface area contributed by atoms with Gasteiger partial charge in [-0.3, -0.25) is 0 Å². The van der Waals surface area contributed by atoms with Crippen LogP contribution in [0.25, 0.3) is 0 Å². The highest BCUT2D eigenvalue weighted by Gasteiger charge is 2.19. The molecular formula is C16H18BrNO. The van der Waals surface area contributed by atoms with Crippen molar-refractivity contribution in [2.45, 2.75) is 33.1 Å². The molecule has 0 spiro atoms. The van der Waals surface area contributed by atoms with Crippen molar-refractivity contribution in [3.8, 4) is 11.6 Å². The monoisotopic (exact) mass is 319 g/mol. The predicted octanol–water partition coefficient (Wildman–Crippen LogP) is 5.24. The maximum absolute atomic E-state index is 5.94. The molecule has 0 aliphatic carbocycles. The van der Waals surface area contributed by atoms with E-state index in [1.165, 1.54) is 5.56 Å². The molecule has 2 rings (SSSR count). The number of nitrogens with zero attached hydrogens (tertiary/aromatic N) is 1. The number of ether oxygens (including phenoxy) is 1. The minimum absolute atomic E-state index is 0.0427. The first-order chi connectivity index (χ1) is 8.88. The molecule has 0 bridgehead atoms. The summed E-state index contributed by atoms with van der Waals surface area (Å²) in [5.41, 5.74) is 2.14. The highest BCUT2D eigenvalue weighted by atomic mass is 79.9. The van der Waals surface area contributed by atoms with Crippen molar-refractivity contribution < 1.29 is 4.74 Å². The van der Waals surface area contributed by atoms with Gasteiger partial charge in [-0.05, 0) is 40.4 Å². The van der Waals surface area contributed by atoms with Gasteiger partial charge in [0.2, 0.25) is 5.88 Å². The third-order valence-electron chi connectivity index (χ3n) is 2.91. The van der Waals surface area contributed by atoms with E-state index in [4.69, 9.17) is 4.74 Å². The van der Waals surface area contributed by atoms with Crippen molar-refractivity contribution in [1.82, 2.24) is 4.98 Å². The molecule has 2 aromatic rings. The van der Waals surface area contributed by atoms with Crippen LogP contribution in [0.4, 0.5) is 0 Å². The Bertz CT molecular complexity index is 588. The second-order valence-electron chi connectivity index (χ2n) is 5.56. The molecule has 1 aromatic heterocycles. The van der Waals surface area contributed by atoms with E-state index in [0.29, 0.717) is 5.88 Å². The highest BCUT2D eigenvalue weighted by Crippen LogP contribution is 2.33. The van der Waals surface area contributed by atoms with Gasteiger partial charge in [0.15, 0.2) is 0 Å². The Labute approximate surface area is 123 Å². The molecule has 0 saturated heterocycles. The van der Waals surface area contributed by atoms with Crippen molar-refractivity contribution in [1.29, 1.82) is 0 Å². The molecule has 100 valence electrons. The van der Waals surface area contributed by atoms with Crippen LogP contribution in [0.3, 0.4) is 0 Å².